The molecule has 1 fully saturated rings. The molecule has 0 unspecified atom stereocenters. The molecular formula is C19H22Cl2N4O2. The van der Waals surface area contributed by atoms with Crippen molar-refractivity contribution in [2.24, 2.45) is 12.0 Å². The van der Waals surface area contributed by atoms with Gasteiger partial charge in [-0.3, -0.25) is 4.99 Å². The van der Waals surface area contributed by atoms with Crippen LogP contribution in [0.1, 0.15) is 24.1 Å². The Morgan fingerprint density at radius 2 is 1.96 bits per heavy atom. The zero-order chi connectivity index (χ0) is 19.0. The lowest BCUT2D eigenvalue weighted by Crippen LogP contribution is -2.41. The van der Waals surface area contributed by atoms with Crippen LogP contribution in [0.15, 0.2) is 29.3 Å². The number of nitrogens with zero attached hydrogens (tertiary/aromatic N) is 2. The molecule has 0 saturated heterocycles. The first kappa shape index (κ1) is 18.3. The molecule has 0 bridgehead atoms. The minimum absolute atomic E-state index is 0.121. The fourth-order valence-electron chi connectivity index (χ4n) is 3.35. The second-order valence-electron chi connectivity index (χ2n) is 6.96. The van der Waals surface area contributed by atoms with E-state index in [1.165, 1.54) is 5.56 Å². The molecule has 1 aliphatic carbocycles. The monoisotopic (exact) mass is 408 g/mol. The SMILES string of the molecule is CN=C(NCc1cc(Cl)c(Cl)n1C)NCC1(c2ccc3c(c2)OCO3)CC1. The maximum absolute atomic E-state index is 6.12. The second-order valence-corrected chi connectivity index (χ2v) is 7.73. The Bertz CT molecular complexity index is 890. The van der Waals surface area contributed by atoms with Crippen molar-refractivity contribution < 1.29 is 9.47 Å². The Morgan fingerprint density at radius 1 is 1.19 bits per heavy atom. The van der Waals surface area contributed by atoms with Crippen molar-refractivity contribution in [3.8, 4) is 11.5 Å². The molecule has 1 aromatic heterocycles. The van der Waals surface area contributed by atoms with E-state index in [1.54, 1.807) is 7.05 Å². The van der Waals surface area contributed by atoms with Crippen molar-refractivity contribution in [2.45, 2.75) is 24.8 Å². The standard InChI is InChI=1S/C19H22Cl2N4O2/c1-22-18(23-9-13-8-14(20)17(21)25(13)2)24-10-19(5-6-19)12-3-4-15-16(7-12)27-11-26-15/h3-4,7-8H,5-6,9-11H2,1-2H3,(H2,22,23,24). The number of guanidine groups is 1. The smallest absolute Gasteiger partial charge is 0.231 e. The Labute approximate surface area is 168 Å². The summed E-state index contributed by atoms with van der Waals surface area (Å²) in [4.78, 5) is 4.32. The Balaban J connectivity index is 1.37. The van der Waals surface area contributed by atoms with Crippen molar-refractivity contribution in [3.63, 3.8) is 0 Å². The van der Waals surface area contributed by atoms with Gasteiger partial charge in [0.25, 0.3) is 0 Å². The van der Waals surface area contributed by atoms with E-state index in [1.807, 2.05) is 23.7 Å². The highest BCUT2D eigenvalue weighted by atomic mass is 35.5. The molecule has 8 heteroatoms. The average Bonchev–Trinajstić information content (AvgIpc) is 3.25. The summed E-state index contributed by atoms with van der Waals surface area (Å²) >= 11 is 12.2. The van der Waals surface area contributed by atoms with Gasteiger partial charge in [-0.25, -0.2) is 0 Å². The molecule has 0 atom stereocenters. The first-order valence-corrected chi connectivity index (χ1v) is 9.62. The van der Waals surface area contributed by atoms with E-state index in [-0.39, 0.29) is 5.41 Å². The highest BCUT2D eigenvalue weighted by Gasteiger charge is 2.44. The van der Waals surface area contributed by atoms with E-state index < -0.39 is 0 Å². The second kappa shape index (κ2) is 7.17. The number of fused-ring (bicyclic) bond motifs is 1. The number of ether oxygens (including phenoxy) is 2. The Hall–Kier alpha value is -2.05. The molecule has 0 spiro atoms. The van der Waals surface area contributed by atoms with Gasteiger partial charge >= 0.3 is 0 Å². The lowest BCUT2D eigenvalue weighted by atomic mass is 9.95. The number of aliphatic imine (C=N–C) groups is 1. The molecule has 2 heterocycles. The van der Waals surface area contributed by atoms with E-state index in [9.17, 15) is 0 Å². The highest BCUT2D eigenvalue weighted by molar-refractivity contribution is 6.41. The molecule has 6 nitrogen and oxygen atoms in total. The van der Waals surface area contributed by atoms with Crippen LogP contribution >= 0.6 is 23.2 Å². The molecule has 144 valence electrons. The summed E-state index contributed by atoms with van der Waals surface area (Å²) in [6, 6.07) is 8.08. The normalized spacial score (nSPS) is 17.1. The van der Waals surface area contributed by atoms with E-state index in [4.69, 9.17) is 32.7 Å². The summed E-state index contributed by atoms with van der Waals surface area (Å²) in [5, 5.41) is 7.85. The van der Waals surface area contributed by atoms with E-state index in [0.717, 1.165) is 42.5 Å². The lowest BCUT2D eigenvalue weighted by molar-refractivity contribution is 0.174. The van der Waals surface area contributed by atoms with Crippen molar-refractivity contribution >= 4 is 29.2 Å². The molecule has 1 aliphatic heterocycles. The van der Waals surface area contributed by atoms with Gasteiger partial charge in [-0.15, -0.1) is 0 Å². The van der Waals surface area contributed by atoms with Gasteiger partial charge in [0.15, 0.2) is 17.5 Å². The molecule has 4 rings (SSSR count). The van der Waals surface area contributed by atoms with E-state index in [2.05, 4.69) is 27.8 Å². The van der Waals surface area contributed by atoms with Gasteiger partial charge in [-0.05, 0) is 36.6 Å². The van der Waals surface area contributed by atoms with Crippen LogP contribution in [0.3, 0.4) is 0 Å². The minimum Gasteiger partial charge on any atom is -0.454 e. The largest absolute Gasteiger partial charge is 0.454 e. The quantitative estimate of drug-likeness (QED) is 0.587. The average molecular weight is 409 g/mol. The van der Waals surface area contributed by atoms with Gasteiger partial charge in [0.2, 0.25) is 6.79 Å². The molecule has 2 aromatic rings. The van der Waals surface area contributed by atoms with Gasteiger partial charge < -0.3 is 24.7 Å². The Morgan fingerprint density at radius 3 is 2.63 bits per heavy atom. The van der Waals surface area contributed by atoms with Gasteiger partial charge in [0.1, 0.15) is 5.15 Å². The summed E-state index contributed by atoms with van der Waals surface area (Å²) in [5.74, 6) is 2.40. The number of benzene rings is 1. The predicted molar refractivity (Wildman–Crippen MR) is 107 cm³/mol. The van der Waals surface area contributed by atoms with Crippen LogP contribution in [0.25, 0.3) is 0 Å². The zero-order valence-electron chi connectivity index (χ0n) is 15.3. The van der Waals surface area contributed by atoms with Crippen LogP contribution in [0, 0.1) is 0 Å². The van der Waals surface area contributed by atoms with Crippen molar-refractivity contribution in [1.82, 2.24) is 15.2 Å². The number of aromatic nitrogens is 1. The van der Waals surface area contributed by atoms with Gasteiger partial charge in [0.05, 0.1) is 11.6 Å². The molecule has 27 heavy (non-hydrogen) atoms. The summed E-state index contributed by atoms with van der Waals surface area (Å²) in [6.45, 7) is 1.69. The minimum atomic E-state index is 0.121. The van der Waals surface area contributed by atoms with Crippen LogP contribution in [-0.4, -0.2) is 30.9 Å². The van der Waals surface area contributed by atoms with E-state index in [0.29, 0.717) is 23.5 Å². The number of hydrogen-bond acceptors (Lipinski definition) is 3. The van der Waals surface area contributed by atoms with Gasteiger partial charge in [-0.1, -0.05) is 29.3 Å². The zero-order valence-corrected chi connectivity index (χ0v) is 16.8. The van der Waals surface area contributed by atoms with E-state index >= 15 is 0 Å². The molecular weight excluding hydrogens is 387 g/mol. The maximum atomic E-state index is 6.12. The van der Waals surface area contributed by atoms with Crippen LogP contribution in [0.2, 0.25) is 10.2 Å². The first-order valence-electron chi connectivity index (χ1n) is 8.87. The topological polar surface area (TPSA) is 59.8 Å². The molecule has 1 saturated carbocycles. The van der Waals surface area contributed by atoms with Crippen LogP contribution in [0.4, 0.5) is 0 Å². The van der Waals surface area contributed by atoms with Crippen molar-refractivity contribution in [3.05, 3.63) is 45.7 Å². The van der Waals surface area contributed by atoms with Crippen LogP contribution < -0.4 is 20.1 Å². The first-order chi connectivity index (χ1) is 13.0. The number of halogens is 2. The third kappa shape index (κ3) is 3.56. The third-order valence-corrected chi connectivity index (χ3v) is 6.15. The molecule has 0 amide bonds. The molecule has 2 N–H and O–H groups in total. The highest BCUT2D eigenvalue weighted by Crippen LogP contribution is 2.49. The predicted octanol–water partition coefficient (Wildman–Crippen LogP) is 3.46. The molecule has 2 aliphatic rings. The summed E-state index contributed by atoms with van der Waals surface area (Å²) < 4.78 is 12.8. The van der Waals surface area contributed by atoms with Gasteiger partial charge in [0, 0.05) is 31.7 Å². The van der Waals surface area contributed by atoms with Crippen LogP contribution in [-0.2, 0) is 19.0 Å². The summed E-state index contributed by atoms with van der Waals surface area (Å²) in [7, 11) is 3.65. The van der Waals surface area contributed by atoms with Crippen LogP contribution in [0.5, 0.6) is 11.5 Å². The number of hydrogen-bond donors (Lipinski definition) is 2. The van der Waals surface area contributed by atoms with Crippen molar-refractivity contribution in [1.29, 1.82) is 0 Å². The van der Waals surface area contributed by atoms with Gasteiger partial charge in [-0.2, -0.15) is 0 Å². The number of nitrogens with one attached hydrogen (secondary N) is 2. The fourth-order valence-corrected chi connectivity index (χ4v) is 3.77. The fraction of sp³-hybridized carbons (Fsp3) is 0.421. The maximum Gasteiger partial charge on any atom is 0.231 e. The molecule has 1 aromatic carbocycles. The summed E-state index contributed by atoms with van der Waals surface area (Å²) in [6.07, 6.45) is 2.28. The van der Waals surface area contributed by atoms with Crippen molar-refractivity contribution in [2.75, 3.05) is 20.4 Å². The molecule has 0 radical (unpaired) electrons. The number of rotatable bonds is 5. The summed E-state index contributed by atoms with van der Waals surface area (Å²) in [5.41, 5.74) is 2.39. The third-order valence-electron chi connectivity index (χ3n) is 5.31. The Kier molecular flexibility index (Phi) is 4.86. The lowest BCUT2D eigenvalue weighted by Gasteiger charge is -2.19.